The quantitative estimate of drug-likeness (QED) is 0.622. The number of rotatable bonds is 7. The van der Waals surface area contributed by atoms with Gasteiger partial charge < -0.3 is 9.80 Å². The second-order valence-electron chi connectivity index (χ2n) is 8.23. The van der Waals surface area contributed by atoms with Gasteiger partial charge >= 0.3 is 0 Å². The molecule has 3 rings (SSSR count). The number of nitrogens with zero attached hydrogens (tertiary/aromatic N) is 2. The van der Waals surface area contributed by atoms with E-state index in [-0.39, 0.29) is 18.1 Å². The standard InChI is InChI=1S/C24H28Cl2N2O2/c1-27(2)16-20(29)14-17-6-8-18(9-7-17)19-10-12-28(13-11-19)24(30)15-21-22(25)4-3-5-23(21)26/h3-9,19H,10-16H2,1-2H3. The van der Waals surface area contributed by atoms with E-state index in [1.807, 2.05) is 23.9 Å². The van der Waals surface area contributed by atoms with Crippen LogP contribution < -0.4 is 0 Å². The number of Topliss-reactive ketones (excluding diaryl/α,β-unsaturated/α-hetero) is 1. The molecular formula is C24H28Cl2N2O2. The predicted molar refractivity (Wildman–Crippen MR) is 122 cm³/mol. The van der Waals surface area contributed by atoms with E-state index in [0.29, 0.717) is 34.5 Å². The second-order valence-corrected chi connectivity index (χ2v) is 9.04. The molecule has 2 aromatic carbocycles. The van der Waals surface area contributed by atoms with Crippen LogP contribution in [-0.2, 0) is 22.4 Å². The van der Waals surface area contributed by atoms with E-state index >= 15 is 0 Å². The highest BCUT2D eigenvalue weighted by Crippen LogP contribution is 2.30. The molecule has 0 radical (unpaired) electrons. The maximum Gasteiger partial charge on any atom is 0.227 e. The molecule has 0 aliphatic carbocycles. The Bertz CT molecular complexity index is 868. The Kier molecular flexibility index (Phi) is 7.93. The summed E-state index contributed by atoms with van der Waals surface area (Å²) in [5.74, 6) is 0.723. The number of likely N-dealkylation sites (N-methyl/N-ethyl adjacent to an activating group) is 1. The molecule has 160 valence electrons. The lowest BCUT2D eigenvalue weighted by Crippen LogP contribution is -2.38. The van der Waals surface area contributed by atoms with Crippen molar-refractivity contribution in [1.82, 2.24) is 9.80 Å². The van der Waals surface area contributed by atoms with E-state index in [4.69, 9.17) is 23.2 Å². The van der Waals surface area contributed by atoms with E-state index in [0.717, 1.165) is 31.5 Å². The van der Waals surface area contributed by atoms with Crippen molar-refractivity contribution in [2.45, 2.75) is 31.6 Å². The summed E-state index contributed by atoms with van der Waals surface area (Å²) >= 11 is 12.4. The highest BCUT2D eigenvalue weighted by atomic mass is 35.5. The average molecular weight is 447 g/mol. The lowest BCUT2D eigenvalue weighted by Gasteiger charge is -2.32. The Hall–Kier alpha value is -1.88. The molecule has 1 aliphatic rings. The number of carbonyl (C=O) groups is 2. The molecule has 1 heterocycles. The second kappa shape index (κ2) is 10.4. The first-order chi connectivity index (χ1) is 14.3. The van der Waals surface area contributed by atoms with E-state index in [1.165, 1.54) is 5.56 Å². The number of likely N-dealkylation sites (tertiary alicyclic amines) is 1. The first-order valence-electron chi connectivity index (χ1n) is 10.3. The zero-order valence-corrected chi connectivity index (χ0v) is 19.0. The van der Waals surface area contributed by atoms with Gasteiger partial charge in [0.1, 0.15) is 0 Å². The fraction of sp³-hybridized carbons (Fsp3) is 0.417. The third kappa shape index (κ3) is 6.07. The zero-order valence-electron chi connectivity index (χ0n) is 17.5. The molecule has 4 nitrogen and oxygen atoms in total. The van der Waals surface area contributed by atoms with Crippen LogP contribution in [0, 0.1) is 0 Å². The van der Waals surface area contributed by atoms with Crippen molar-refractivity contribution in [2.24, 2.45) is 0 Å². The molecule has 0 atom stereocenters. The van der Waals surface area contributed by atoms with Crippen molar-refractivity contribution < 1.29 is 9.59 Å². The molecule has 0 unspecified atom stereocenters. The van der Waals surface area contributed by atoms with Crippen LogP contribution in [0.25, 0.3) is 0 Å². The zero-order chi connectivity index (χ0) is 21.7. The predicted octanol–water partition coefficient (Wildman–Crippen LogP) is 4.62. The number of ketones is 1. The highest BCUT2D eigenvalue weighted by molar-refractivity contribution is 6.36. The van der Waals surface area contributed by atoms with Gasteiger partial charge in [-0.1, -0.05) is 53.5 Å². The largest absolute Gasteiger partial charge is 0.342 e. The van der Waals surface area contributed by atoms with Gasteiger partial charge in [0.05, 0.1) is 13.0 Å². The molecule has 0 aromatic heterocycles. The lowest BCUT2D eigenvalue weighted by atomic mass is 9.88. The Balaban J connectivity index is 1.52. The van der Waals surface area contributed by atoms with Crippen molar-refractivity contribution in [2.75, 3.05) is 33.7 Å². The number of amides is 1. The van der Waals surface area contributed by atoms with Crippen LogP contribution in [-0.4, -0.2) is 55.2 Å². The minimum atomic E-state index is 0.0678. The smallest absolute Gasteiger partial charge is 0.227 e. The average Bonchev–Trinajstić information content (AvgIpc) is 2.71. The van der Waals surface area contributed by atoms with Crippen molar-refractivity contribution in [3.63, 3.8) is 0 Å². The van der Waals surface area contributed by atoms with E-state index < -0.39 is 0 Å². The molecule has 6 heteroatoms. The number of halogens is 2. The van der Waals surface area contributed by atoms with Crippen molar-refractivity contribution in [3.8, 4) is 0 Å². The van der Waals surface area contributed by atoms with Gasteiger partial charge in [0.2, 0.25) is 5.91 Å². The van der Waals surface area contributed by atoms with Gasteiger partial charge in [0.25, 0.3) is 0 Å². The molecule has 1 fully saturated rings. The third-order valence-electron chi connectivity index (χ3n) is 5.58. The third-order valence-corrected chi connectivity index (χ3v) is 6.29. The summed E-state index contributed by atoms with van der Waals surface area (Å²) in [7, 11) is 3.81. The number of piperidine rings is 1. The molecule has 1 aliphatic heterocycles. The van der Waals surface area contributed by atoms with Gasteiger partial charge in [-0.3, -0.25) is 9.59 Å². The molecule has 0 bridgehead atoms. The Morgan fingerprint density at radius 2 is 1.57 bits per heavy atom. The fourth-order valence-electron chi connectivity index (χ4n) is 3.97. The minimum Gasteiger partial charge on any atom is -0.342 e. The van der Waals surface area contributed by atoms with Crippen molar-refractivity contribution in [3.05, 3.63) is 69.2 Å². The Labute approximate surface area is 188 Å². The first-order valence-corrected chi connectivity index (χ1v) is 11.0. The number of hydrogen-bond acceptors (Lipinski definition) is 3. The summed E-state index contributed by atoms with van der Waals surface area (Å²) in [5, 5.41) is 1.07. The van der Waals surface area contributed by atoms with Crippen LogP contribution in [0.15, 0.2) is 42.5 Å². The summed E-state index contributed by atoms with van der Waals surface area (Å²) in [4.78, 5) is 28.5. The molecule has 1 saturated heterocycles. The van der Waals surface area contributed by atoms with Crippen LogP contribution in [0.2, 0.25) is 10.0 Å². The summed E-state index contributed by atoms with van der Waals surface area (Å²) in [6, 6.07) is 13.7. The maximum absolute atomic E-state index is 12.7. The van der Waals surface area contributed by atoms with Crippen molar-refractivity contribution >= 4 is 34.9 Å². The fourth-order valence-corrected chi connectivity index (χ4v) is 4.50. The first kappa shape index (κ1) is 22.8. The molecule has 30 heavy (non-hydrogen) atoms. The van der Waals surface area contributed by atoms with Gasteiger partial charge in [0.15, 0.2) is 5.78 Å². The Morgan fingerprint density at radius 3 is 2.13 bits per heavy atom. The lowest BCUT2D eigenvalue weighted by molar-refractivity contribution is -0.131. The summed E-state index contributed by atoms with van der Waals surface area (Å²) in [6.07, 6.45) is 2.57. The van der Waals surface area contributed by atoms with Crippen LogP contribution in [0.4, 0.5) is 0 Å². The van der Waals surface area contributed by atoms with Gasteiger partial charge in [-0.2, -0.15) is 0 Å². The maximum atomic E-state index is 12.7. The van der Waals surface area contributed by atoms with Crippen molar-refractivity contribution in [1.29, 1.82) is 0 Å². The molecule has 1 amide bonds. The van der Waals surface area contributed by atoms with Gasteiger partial charge in [-0.05, 0) is 61.7 Å². The van der Waals surface area contributed by atoms with Crippen LogP contribution >= 0.6 is 23.2 Å². The number of hydrogen-bond donors (Lipinski definition) is 0. The van der Waals surface area contributed by atoms with Crippen LogP contribution in [0.5, 0.6) is 0 Å². The summed E-state index contributed by atoms with van der Waals surface area (Å²) in [5.41, 5.74) is 3.03. The summed E-state index contributed by atoms with van der Waals surface area (Å²) in [6.45, 7) is 1.93. The Morgan fingerprint density at radius 1 is 0.967 bits per heavy atom. The van der Waals surface area contributed by atoms with Gasteiger partial charge in [-0.15, -0.1) is 0 Å². The molecule has 0 spiro atoms. The SMILES string of the molecule is CN(C)CC(=O)Cc1ccc(C2CCN(C(=O)Cc3c(Cl)cccc3Cl)CC2)cc1. The van der Waals surface area contributed by atoms with E-state index in [1.54, 1.807) is 18.2 Å². The molecule has 0 N–H and O–H groups in total. The summed E-state index contributed by atoms with van der Waals surface area (Å²) < 4.78 is 0. The minimum absolute atomic E-state index is 0.0678. The molecular weight excluding hydrogens is 419 g/mol. The monoisotopic (exact) mass is 446 g/mol. The normalized spacial score (nSPS) is 14.9. The molecule has 0 saturated carbocycles. The van der Waals surface area contributed by atoms with Crippen LogP contribution in [0.1, 0.15) is 35.4 Å². The number of benzene rings is 2. The van der Waals surface area contributed by atoms with Gasteiger partial charge in [-0.25, -0.2) is 0 Å². The number of carbonyl (C=O) groups excluding carboxylic acids is 2. The van der Waals surface area contributed by atoms with Crippen LogP contribution in [0.3, 0.4) is 0 Å². The highest BCUT2D eigenvalue weighted by Gasteiger charge is 2.24. The van der Waals surface area contributed by atoms with E-state index in [9.17, 15) is 9.59 Å². The van der Waals surface area contributed by atoms with E-state index in [2.05, 4.69) is 24.3 Å². The topological polar surface area (TPSA) is 40.6 Å². The van der Waals surface area contributed by atoms with Gasteiger partial charge in [0, 0.05) is 29.6 Å². The molecule has 2 aromatic rings.